The zero-order chi connectivity index (χ0) is 13.5. The van der Waals surface area contributed by atoms with Gasteiger partial charge in [0, 0.05) is 12.5 Å². The Balaban J connectivity index is 2.08. The van der Waals surface area contributed by atoms with Crippen LogP contribution in [0.15, 0.2) is 18.2 Å². The third kappa shape index (κ3) is 3.87. The van der Waals surface area contributed by atoms with E-state index in [0.29, 0.717) is 6.04 Å². The van der Waals surface area contributed by atoms with Crippen molar-refractivity contribution in [2.45, 2.75) is 45.1 Å². The first-order valence-corrected chi connectivity index (χ1v) is 7.42. The van der Waals surface area contributed by atoms with Gasteiger partial charge < -0.3 is 14.8 Å². The Morgan fingerprint density at radius 3 is 2.68 bits per heavy atom. The summed E-state index contributed by atoms with van der Waals surface area (Å²) in [4.78, 5) is 0. The molecule has 0 aliphatic carbocycles. The van der Waals surface area contributed by atoms with Gasteiger partial charge in [-0.3, -0.25) is 0 Å². The molecule has 106 valence electrons. The van der Waals surface area contributed by atoms with Gasteiger partial charge in [0.05, 0.1) is 13.2 Å². The molecule has 1 N–H and O–H groups in total. The van der Waals surface area contributed by atoms with Crippen molar-refractivity contribution in [3.05, 3.63) is 23.8 Å². The standard InChI is InChI=1S/C16H25NO2/c1-3-4-5-7-14(17-2)13-8-9-15-16(12-13)19-11-6-10-18-15/h8-9,12,14,17H,3-7,10-11H2,1-2H3. The fourth-order valence-corrected chi connectivity index (χ4v) is 2.47. The highest BCUT2D eigenvalue weighted by molar-refractivity contribution is 5.44. The van der Waals surface area contributed by atoms with Crippen LogP contribution in [0.1, 0.15) is 50.6 Å². The minimum Gasteiger partial charge on any atom is -0.490 e. The summed E-state index contributed by atoms with van der Waals surface area (Å²) in [5, 5.41) is 3.40. The van der Waals surface area contributed by atoms with Crippen LogP contribution in [0.25, 0.3) is 0 Å². The SMILES string of the molecule is CCCCCC(NC)c1ccc2c(c1)OCCCO2. The van der Waals surface area contributed by atoms with Crippen molar-refractivity contribution in [3.8, 4) is 11.5 Å². The molecule has 1 aromatic rings. The van der Waals surface area contributed by atoms with Crippen LogP contribution in [0.5, 0.6) is 11.5 Å². The lowest BCUT2D eigenvalue weighted by atomic mass is 10.00. The van der Waals surface area contributed by atoms with Gasteiger partial charge in [0.25, 0.3) is 0 Å². The number of hydrogen-bond acceptors (Lipinski definition) is 3. The second-order valence-electron chi connectivity index (χ2n) is 5.09. The summed E-state index contributed by atoms with van der Waals surface area (Å²) in [7, 11) is 2.03. The van der Waals surface area contributed by atoms with Gasteiger partial charge in [-0.2, -0.15) is 0 Å². The lowest BCUT2D eigenvalue weighted by Gasteiger charge is -2.18. The molecule has 0 saturated carbocycles. The van der Waals surface area contributed by atoms with Crippen molar-refractivity contribution in [2.24, 2.45) is 0 Å². The second kappa shape index (κ2) is 7.39. The molecule has 1 heterocycles. The predicted molar refractivity (Wildman–Crippen MR) is 78.0 cm³/mol. The van der Waals surface area contributed by atoms with Crippen LogP contribution in [0.3, 0.4) is 0 Å². The van der Waals surface area contributed by atoms with E-state index >= 15 is 0 Å². The van der Waals surface area contributed by atoms with E-state index in [2.05, 4.69) is 24.4 Å². The normalized spacial score (nSPS) is 15.9. The Bertz CT molecular complexity index is 392. The molecule has 1 aliphatic heterocycles. The monoisotopic (exact) mass is 263 g/mol. The van der Waals surface area contributed by atoms with Crippen molar-refractivity contribution in [3.63, 3.8) is 0 Å². The molecule has 3 heteroatoms. The number of fused-ring (bicyclic) bond motifs is 1. The van der Waals surface area contributed by atoms with Crippen LogP contribution in [0, 0.1) is 0 Å². The molecule has 0 saturated heterocycles. The summed E-state index contributed by atoms with van der Waals surface area (Å²) in [6.07, 6.45) is 5.94. The molecular weight excluding hydrogens is 238 g/mol. The molecule has 19 heavy (non-hydrogen) atoms. The van der Waals surface area contributed by atoms with E-state index in [1.54, 1.807) is 0 Å². The lowest BCUT2D eigenvalue weighted by Crippen LogP contribution is -2.16. The van der Waals surface area contributed by atoms with Crippen molar-refractivity contribution < 1.29 is 9.47 Å². The van der Waals surface area contributed by atoms with Gasteiger partial charge in [-0.15, -0.1) is 0 Å². The topological polar surface area (TPSA) is 30.5 Å². The van der Waals surface area contributed by atoms with Gasteiger partial charge in [-0.05, 0) is 31.2 Å². The Hall–Kier alpha value is -1.22. The molecule has 0 aromatic heterocycles. The number of nitrogens with one attached hydrogen (secondary N) is 1. The van der Waals surface area contributed by atoms with E-state index < -0.39 is 0 Å². The highest BCUT2D eigenvalue weighted by Crippen LogP contribution is 2.33. The van der Waals surface area contributed by atoms with E-state index in [1.165, 1.54) is 31.2 Å². The highest BCUT2D eigenvalue weighted by atomic mass is 16.5. The Morgan fingerprint density at radius 2 is 1.95 bits per heavy atom. The average molecular weight is 263 g/mol. The largest absolute Gasteiger partial charge is 0.490 e. The average Bonchev–Trinajstić information content (AvgIpc) is 2.68. The highest BCUT2D eigenvalue weighted by Gasteiger charge is 2.14. The Labute approximate surface area is 116 Å². The molecule has 2 rings (SSSR count). The predicted octanol–water partition coefficient (Wildman–Crippen LogP) is 3.69. The van der Waals surface area contributed by atoms with E-state index in [-0.39, 0.29) is 0 Å². The van der Waals surface area contributed by atoms with E-state index in [4.69, 9.17) is 9.47 Å². The number of unbranched alkanes of at least 4 members (excludes halogenated alkanes) is 2. The number of benzene rings is 1. The van der Waals surface area contributed by atoms with Crippen LogP contribution < -0.4 is 14.8 Å². The molecule has 1 unspecified atom stereocenters. The molecule has 3 nitrogen and oxygen atoms in total. The van der Waals surface area contributed by atoms with Crippen LogP contribution in [0.2, 0.25) is 0 Å². The maximum atomic E-state index is 5.76. The van der Waals surface area contributed by atoms with Gasteiger partial charge in [0.15, 0.2) is 11.5 Å². The second-order valence-corrected chi connectivity index (χ2v) is 5.09. The molecule has 0 amide bonds. The number of rotatable bonds is 6. The Kier molecular flexibility index (Phi) is 5.52. The van der Waals surface area contributed by atoms with Crippen LogP contribution in [-0.4, -0.2) is 20.3 Å². The summed E-state index contributed by atoms with van der Waals surface area (Å²) >= 11 is 0. The van der Waals surface area contributed by atoms with Gasteiger partial charge >= 0.3 is 0 Å². The fraction of sp³-hybridized carbons (Fsp3) is 0.625. The first-order valence-electron chi connectivity index (χ1n) is 7.42. The summed E-state index contributed by atoms with van der Waals surface area (Å²) in [5.41, 5.74) is 1.29. The minimum absolute atomic E-state index is 0.406. The number of hydrogen-bond donors (Lipinski definition) is 1. The molecule has 0 fully saturated rings. The lowest BCUT2D eigenvalue weighted by molar-refractivity contribution is 0.297. The molecule has 0 spiro atoms. The summed E-state index contributed by atoms with van der Waals surface area (Å²) in [6.45, 7) is 3.73. The van der Waals surface area contributed by atoms with Crippen molar-refractivity contribution in [1.29, 1.82) is 0 Å². The van der Waals surface area contributed by atoms with Crippen molar-refractivity contribution >= 4 is 0 Å². The zero-order valence-corrected chi connectivity index (χ0v) is 12.1. The van der Waals surface area contributed by atoms with Crippen LogP contribution in [-0.2, 0) is 0 Å². The van der Waals surface area contributed by atoms with Gasteiger partial charge in [0.2, 0.25) is 0 Å². The van der Waals surface area contributed by atoms with E-state index in [1.807, 2.05) is 13.1 Å². The van der Waals surface area contributed by atoms with E-state index in [0.717, 1.165) is 31.1 Å². The van der Waals surface area contributed by atoms with Gasteiger partial charge in [0.1, 0.15) is 0 Å². The number of ether oxygens (including phenoxy) is 2. The summed E-state index contributed by atoms with van der Waals surface area (Å²) in [5.74, 6) is 1.77. The minimum atomic E-state index is 0.406. The molecule has 0 bridgehead atoms. The smallest absolute Gasteiger partial charge is 0.161 e. The van der Waals surface area contributed by atoms with Crippen LogP contribution in [0.4, 0.5) is 0 Å². The van der Waals surface area contributed by atoms with Crippen molar-refractivity contribution in [1.82, 2.24) is 5.32 Å². The first-order chi connectivity index (χ1) is 9.35. The van der Waals surface area contributed by atoms with Gasteiger partial charge in [-0.25, -0.2) is 0 Å². The Morgan fingerprint density at radius 1 is 1.16 bits per heavy atom. The van der Waals surface area contributed by atoms with Crippen molar-refractivity contribution in [2.75, 3.05) is 20.3 Å². The first kappa shape index (κ1) is 14.2. The quantitative estimate of drug-likeness (QED) is 0.794. The molecule has 0 radical (unpaired) electrons. The van der Waals surface area contributed by atoms with E-state index in [9.17, 15) is 0 Å². The molecule has 1 aliphatic rings. The molecule has 1 atom stereocenters. The molecular formula is C16H25NO2. The fourth-order valence-electron chi connectivity index (χ4n) is 2.47. The van der Waals surface area contributed by atoms with Gasteiger partial charge in [-0.1, -0.05) is 32.3 Å². The maximum absolute atomic E-state index is 5.76. The summed E-state index contributed by atoms with van der Waals surface area (Å²) < 4.78 is 11.4. The third-order valence-electron chi connectivity index (χ3n) is 3.62. The summed E-state index contributed by atoms with van der Waals surface area (Å²) in [6, 6.07) is 6.73. The van der Waals surface area contributed by atoms with Crippen LogP contribution >= 0.6 is 0 Å². The maximum Gasteiger partial charge on any atom is 0.161 e. The zero-order valence-electron chi connectivity index (χ0n) is 12.1. The molecule has 1 aromatic carbocycles. The third-order valence-corrected chi connectivity index (χ3v) is 3.62.